The van der Waals surface area contributed by atoms with Crippen LogP contribution in [0, 0.1) is 0 Å². The minimum absolute atomic E-state index is 0.0193. The van der Waals surface area contributed by atoms with Crippen molar-refractivity contribution in [1.29, 1.82) is 0 Å². The Morgan fingerprint density at radius 3 is 1.68 bits per heavy atom. The van der Waals surface area contributed by atoms with Gasteiger partial charge in [-0.15, -0.1) is 0 Å². The van der Waals surface area contributed by atoms with Crippen molar-refractivity contribution < 1.29 is 34.5 Å². The largest absolute Gasteiger partial charge is 0.508 e. The number of aromatic hydroxyl groups is 2. The second kappa shape index (κ2) is 16.3. The second-order valence-corrected chi connectivity index (χ2v) is 12.1. The Kier molecular flexibility index (Phi) is 11.5. The lowest BCUT2D eigenvalue weighted by molar-refractivity contribution is -0.142. The van der Waals surface area contributed by atoms with E-state index in [-0.39, 0.29) is 37.2 Å². The average molecular weight is 678 g/mol. The lowest BCUT2D eigenvalue weighted by Crippen LogP contribution is -2.58. The van der Waals surface area contributed by atoms with Crippen molar-refractivity contribution in [3.63, 3.8) is 0 Å². The number of fused-ring (bicyclic) bond motifs is 1. The zero-order valence-corrected chi connectivity index (χ0v) is 27.1. The summed E-state index contributed by atoms with van der Waals surface area (Å²) >= 11 is 0. The topological polar surface area (TPSA) is 207 Å². The van der Waals surface area contributed by atoms with Gasteiger partial charge in [-0.3, -0.25) is 14.4 Å². The van der Waals surface area contributed by atoms with Crippen LogP contribution in [0.3, 0.4) is 0 Å². The number of phenols is 2. The number of nitrogens with two attached hydrogens (primary N) is 1. The highest BCUT2D eigenvalue weighted by Gasteiger charge is 2.31. The van der Waals surface area contributed by atoms with Crippen LogP contribution in [0.15, 0.2) is 109 Å². The molecule has 5 rings (SSSR count). The summed E-state index contributed by atoms with van der Waals surface area (Å²) in [5.74, 6) is -3.17. The van der Waals surface area contributed by atoms with E-state index in [1.54, 1.807) is 54.7 Å². The highest BCUT2D eigenvalue weighted by atomic mass is 16.4. The summed E-state index contributed by atoms with van der Waals surface area (Å²) in [5, 5.41) is 38.1. The smallest absolute Gasteiger partial charge is 0.326 e. The fraction of sp³-hybridized carbons (Fsp3) is 0.211. The van der Waals surface area contributed by atoms with Crippen molar-refractivity contribution in [1.82, 2.24) is 20.9 Å². The first kappa shape index (κ1) is 35.2. The molecule has 0 aliphatic rings. The normalized spacial score (nSPS) is 13.5. The lowest BCUT2D eigenvalue weighted by Gasteiger charge is -2.25. The number of carbonyl (C=O) groups excluding carboxylic acids is 3. The van der Waals surface area contributed by atoms with Crippen LogP contribution in [-0.2, 0) is 44.9 Å². The van der Waals surface area contributed by atoms with E-state index >= 15 is 0 Å². The molecular weight excluding hydrogens is 638 g/mol. The van der Waals surface area contributed by atoms with Gasteiger partial charge in [0.15, 0.2) is 0 Å². The first-order valence-corrected chi connectivity index (χ1v) is 16.1. The molecule has 5 aromatic rings. The summed E-state index contributed by atoms with van der Waals surface area (Å²) in [6.45, 7) is 0. The van der Waals surface area contributed by atoms with Gasteiger partial charge in [0.2, 0.25) is 17.7 Å². The minimum atomic E-state index is -1.33. The van der Waals surface area contributed by atoms with Crippen molar-refractivity contribution in [2.75, 3.05) is 0 Å². The monoisotopic (exact) mass is 677 g/mol. The predicted octanol–water partition coefficient (Wildman–Crippen LogP) is 2.72. The van der Waals surface area contributed by atoms with Gasteiger partial charge >= 0.3 is 5.97 Å². The van der Waals surface area contributed by atoms with E-state index in [1.165, 1.54) is 24.3 Å². The summed E-state index contributed by atoms with van der Waals surface area (Å²) < 4.78 is 0. The molecular formula is C38H39N5O7. The second-order valence-electron chi connectivity index (χ2n) is 12.1. The number of aliphatic carboxylic acids is 1. The molecule has 0 radical (unpaired) electrons. The van der Waals surface area contributed by atoms with Gasteiger partial charge in [-0.2, -0.15) is 0 Å². The Bertz CT molecular complexity index is 1930. The van der Waals surface area contributed by atoms with Crippen molar-refractivity contribution >= 4 is 34.6 Å². The molecule has 4 unspecified atom stereocenters. The number of amides is 3. The van der Waals surface area contributed by atoms with E-state index in [1.807, 2.05) is 30.3 Å². The number of benzene rings is 4. The maximum absolute atomic E-state index is 14.1. The SMILES string of the molecule is NC(Cc1ccc(O)cc1)C(=O)NC(Cc1c[nH]c2ccccc12)C(=O)NC(Cc1ccccc1)C(=O)NC(Cc1ccc(O)cc1)C(=O)O. The third kappa shape index (κ3) is 9.48. The fourth-order valence-corrected chi connectivity index (χ4v) is 5.66. The number of carbonyl (C=O) groups is 4. The quantitative estimate of drug-likeness (QED) is 0.0825. The highest BCUT2D eigenvalue weighted by molar-refractivity contribution is 5.95. The van der Waals surface area contributed by atoms with E-state index in [0.29, 0.717) is 16.7 Å². The predicted molar refractivity (Wildman–Crippen MR) is 187 cm³/mol. The number of para-hydroxylation sites is 1. The summed E-state index contributed by atoms with van der Waals surface area (Å²) in [6, 6.07) is 24.0. The lowest BCUT2D eigenvalue weighted by atomic mass is 10.0. The molecule has 4 aromatic carbocycles. The van der Waals surface area contributed by atoms with Crippen LogP contribution in [-0.4, -0.2) is 68.2 Å². The van der Waals surface area contributed by atoms with Crippen LogP contribution in [0.2, 0.25) is 0 Å². The number of nitrogens with one attached hydrogen (secondary N) is 4. The molecule has 1 heterocycles. The molecule has 258 valence electrons. The Balaban J connectivity index is 1.38. The van der Waals surface area contributed by atoms with Crippen molar-refractivity contribution in [2.24, 2.45) is 5.73 Å². The number of aromatic amines is 1. The van der Waals surface area contributed by atoms with Gasteiger partial charge in [0.25, 0.3) is 0 Å². The summed E-state index contributed by atoms with van der Waals surface area (Å²) in [5.41, 5.74) is 9.85. The molecule has 3 amide bonds. The fourth-order valence-electron chi connectivity index (χ4n) is 5.66. The minimum Gasteiger partial charge on any atom is -0.508 e. The number of phenolic OH excluding ortho intramolecular Hbond substituents is 2. The maximum Gasteiger partial charge on any atom is 0.326 e. The van der Waals surface area contributed by atoms with E-state index < -0.39 is 47.9 Å². The van der Waals surface area contributed by atoms with E-state index in [0.717, 1.165) is 16.5 Å². The molecule has 50 heavy (non-hydrogen) atoms. The molecule has 0 fully saturated rings. The number of carboxylic acids is 1. The van der Waals surface area contributed by atoms with E-state index in [4.69, 9.17) is 5.73 Å². The molecule has 0 saturated heterocycles. The highest BCUT2D eigenvalue weighted by Crippen LogP contribution is 2.20. The van der Waals surface area contributed by atoms with Gasteiger partial charge in [0, 0.05) is 36.4 Å². The third-order valence-corrected chi connectivity index (χ3v) is 8.37. The van der Waals surface area contributed by atoms with Crippen LogP contribution >= 0.6 is 0 Å². The molecule has 1 aromatic heterocycles. The number of carboxylic acid groups (broad SMARTS) is 1. The van der Waals surface area contributed by atoms with Crippen LogP contribution in [0.1, 0.15) is 22.3 Å². The van der Waals surface area contributed by atoms with Gasteiger partial charge in [-0.05, 0) is 59.0 Å². The van der Waals surface area contributed by atoms with E-state index in [9.17, 15) is 34.5 Å². The molecule has 12 nitrogen and oxygen atoms in total. The summed E-state index contributed by atoms with van der Waals surface area (Å²) in [7, 11) is 0. The maximum atomic E-state index is 14.1. The number of hydrogen-bond donors (Lipinski definition) is 8. The molecule has 0 aliphatic carbocycles. The number of rotatable bonds is 15. The first-order valence-electron chi connectivity index (χ1n) is 16.1. The van der Waals surface area contributed by atoms with Gasteiger partial charge in [0.05, 0.1) is 6.04 Å². The number of H-pyrrole nitrogens is 1. The number of hydrogen-bond acceptors (Lipinski definition) is 7. The van der Waals surface area contributed by atoms with Gasteiger partial charge in [-0.25, -0.2) is 4.79 Å². The Labute approximate surface area is 288 Å². The zero-order chi connectivity index (χ0) is 35.6. The third-order valence-electron chi connectivity index (χ3n) is 8.37. The van der Waals surface area contributed by atoms with Crippen LogP contribution in [0.5, 0.6) is 11.5 Å². The van der Waals surface area contributed by atoms with E-state index in [2.05, 4.69) is 20.9 Å². The molecule has 4 atom stereocenters. The molecule has 0 spiro atoms. The first-order chi connectivity index (χ1) is 24.0. The van der Waals surface area contributed by atoms with Crippen molar-refractivity contribution in [2.45, 2.75) is 49.9 Å². The Morgan fingerprint density at radius 1 is 0.580 bits per heavy atom. The van der Waals surface area contributed by atoms with Gasteiger partial charge < -0.3 is 42.0 Å². The molecule has 0 aliphatic heterocycles. The van der Waals surface area contributed by atoms with Gasteiger partial charge in [-0.1, -0.05) is 72.8 Å². The number of aromatic nitrogens is 1. The van der Waals surface area contributed by atoms with Crippen LogP contribution < -0.4 is 21.7 Å². The van der Waals surface area contributed by atoms with Crippen molar-refractivity contribution in [3.8, 4) is 11.5 Å². The Morgan fingerprint density at radius 2 is 1.06 bits per heavy atom. The molecule has 12 heteroatoms. The van der Waals surface area contributed by atoms with Crippen molar-refractivity contribution in [3.05, 3.63) is 132 Å². The molecule has 9 N–H and O–H groups in total. The average Bonchev–Trinajstić information content (AvgIpc) is 3.52. The van der Waals surface area contributed by atoms with Crippen LogP contribution in [0.4, 0.5) is 0 Å². The standard InChI is InChI=1S/C38H39N5O7/c39-30(18-24-10-14-27(44)15-11-24)35(46)41-33(21-26-22-40-31-9-5-4-8-29(26)31)37(48)42-32(19-23-6-2-1-3-7-23)36(47)43-34(38(49)50)20-25-12-16-28(45)17-13-25/h1-17,22,30,32-34,40,44-45H,18-21,39H2,(H,41,46)(H,42,48)(H,43,47)(H,49,50). The van der Waals surface area contributed by atoms with Crippen LogP contribution in [0.25, 0.3) is 10.9 Å². The van der Waals surface area contributed by atoms with Gasteiger partial charge in [0.1, 0.15) is 29.6 Å². The Hall–Kier alpha value is -6.14. The summed E-state index contributed by atoms with van der Waals surface area (Å²) in [4.78, 5) is 56.6. The molecule has 0 saturated carbocycles. The zero-order valence-electron chi connectivity index (χ0n) is 27.1. The molecule has 0 bridgehead atoms. The summed E-state index contributed by atoms with van der Waals surface area (Å²) in [6.07, 6.45) is 1.93.